The summed E-state index contributed by atoms with van der Waals surface area (Å²) in [5, 5.41) is 3.09. The van der Waals surface area contributed by atoms with Crippen LogP contribution in [0.5, 0.6) is 5.75 Å². The Morgan fingerprint density at radius 3 is 2.67 bits per heavy atom. The summed E-state index contributed by atoms with van der Waals surface area (Å²) in [6.07, 6.45) is 7.17. The van der Waals surface area contributed by atoms with Gasteiger partial charge in [0.15, 0.2) is 0 Å². The average Bonchev–Trinajstić information content (AvgIpc) is 2.75. The van der Waals surface area contributed by atoms with Crippen molar-refractivity contribution in [2.24, 2.45) is 5.92 Å². The van der Waals surface area contributed by atoms with Crippen LogP contribution in [0.3, 0.4) is 0 Å². The summed E-state index contributed by atoms with van der Waals surface area (Å²) in [7, 11) is 0. The average molecular weight is 408 g/mol. The fourth-order valence-electron chi connectivity index (χ4n) is 4.71. The fraction of sp³-hybridized carbons (Fsp3) is 0.520. The minimum atomic E-state index is -0.161. The molecule has 0 aliphatic carbocycles. The number of ether oxygens (including phenoxy) is 1. The molecule has 0 saturated carbocycles. The molecular weight excluding hydrogens is 374 g/mol. The van der Waals surface area contributed by atoms with Crippen molar-refractivity contribution in [3.05, 3.63) is 59.9 Å². The molecule has 4 rings (SSSR count). The molecule has 5 heteroatoms. The van der Waals surface area contributed by atoms with Gasteiger partial charge in [-0.05, 0) is 54.5 Å². The van der Waals surface area contributed by atoms with E-state index in [4.69, 9.17) is 4.74 Å². The zero-order chi connectivity index (χ0) is 21.0. The second kappa shape index (κ2) is 9.17. The molecule has 0 unspecified atom stereocenters. The van der Waals surface area contributed by atoms with E-state index in [1.54, 1.807) is 0 Å². The number of nitrogens with one attached hydrogen (secondary N) is 1. The number of fused-ring (bicyclic) bond motifs is 1. The standard InChI is InChI=1S/C25H33N3O2/c1-19(2)17-27-24(29)15-21-16-25(30-23-6-4-3-5-22(21)23)9-13-28(14-10-25)18-20-7-11-26-12-8-20/h3-8,11-12,19,21H,9-10,13-18H2,1-2H3,(H,27,29)/t21-/m1/s1. The van der Waals surface area contributed by atoms with Crippen molar-refractivity contribution in [3.63, 3.8) is 0 Å². The van der Waals surface area contributed by atoms with Gasteiger partial charge in [-0.3, -0.25) is 14.7 Å². The van der Waals surface area contributed by atoms with Gasteiger partial charge < -0.3 is 10.1 Å². The van der Waals surface area contributed by atoms with Crippen molar-refractivity contribution in [1.29, 1.82) is 0 Å². The topological polar surface area (TPSA) is 54.5 Å². The first-order chi connectivity index (χ1) is 14.5. The van der Waals surface area contributed by atoms with Gasteiger partial charge in [-0.15, -0.1) is 0 Å². The van der Waals surface area contributed by atoms with Gasteiger partial charge in [0.05, 0.1) is 0 Å². The van der Waals surface area contributed by atoms with Crippen molar-refractivity contribution in [3.8, 4) is 5.75 Å². The number of likely N-dealkylation sites (tertiary alicyclic amines) is 1. The molecule has 1 saturated heterocycles. The lowest BCUT2D eigenvalue weighted by Gasteiger charge is -2.47. The maximum atomic E-state index is 12.6. The first-order valence-electron chi connectivity index (χ1n) is 11.2. The number of aromatic nitrogens is 1. The predicted octanol–water partition coefficient (Wildman–Crippen LogP) is 4.14. The van der Waals surface area contributed by atoms with Crippen LogP contribution >= 0.6 is 0 Å². The Balaban J connectivity index is 1.43. The normalized spacial score (nSPS) is 20.6. The molecular formula is C25H33N3O2. The summed E-state index contributed by atoms with van der Waals surface area (Å²) in [6.45, 7) is 7.96. The summed E-state index contributed by atoms with van der Waals surface area (Å²) in [6, 6.07) is 12.5. The van der Waals surface area contributed by atoms with Gasteiger partial charge in [-0.2, -0.15) is 0 Å². The molecule has 1 spiro atoms. The number of para-hydroxylation sites is 1. The molecule has 2 aromatic rings. The first kappa shape index (κ1) is 20.9. The van der Waals surface area contributed by atoms with Gasteiger partial charge in [0.2, 0.25) is 5.91 Å². The molecule has 1 aromatic carbocycles. The summed E-state index contributed by atoms with van der Waals surface area (Å²) in [4.78, 5) is 19.2. The van der Waals surface area contributed by atoms with Gasteiger partial charge in [0, 0.05) is 50.9 Å². The number of nitrogens with zero attached hydrogens (tertiary/aromatic N) is 2. The molecule has 1 amide bonds. The quantitative estimate of drug-likeness (QED) is 0.782. The molecule has 1 atom stereocenters. The van der Waals surface area contributed by atoms with Crippen LogP contribution in [-0.2, 0) is 11.3 Å². The van der Waals surface area contributed by atoms with E-state index in [0.717, 1.165) is 51.2 Å². The van der Waals surface area contributed by atoms with Crippen molar-refractivity contribution in [2.75, 3.05) is 19.6 Å². The van der Waals surface area contributed by atoms with E-state index >= 15 is 0 Å². The van der Waals surface area contributed by atoms with E-state index in [0.29, 0.717) is 12.3 Å². The number of carbonyl (C=O) groups excluding carboxylic acids is 1. The Bertz CT molecular complexity index is 844. The highest BCUT2D eigenvalue weighted by molar-refractivity contribution is 5.77. The van der Waals surface area contributed by atoms with Gasteiger partial charge in [0.1, 0.15) is 11.4 Å². The number of amides is 1. The molecule has 0 radical (unpaired) electrons. The van der Waals surface area contributed by atoms with E-state index in [2.05, 4.69) is 59.4 Å². The lowest BCUT2D eigenvalue weighted by molar-refractivity contribution is -0.122. The van der Waals surface area contributed by atoms with Crippen LogP contribution in [0.25, 0.3) is 0 Å². The predicted molar refractivity (Wildman–Crippen MR) is 118 cm³/mol. The highest BCUT2D eigenvalue weighted by Crippen LogP contribution is 2.46. The van der Waals surface area contributed by atoms with Crippen LogP contribution in [0, 0.1) is 5.92 Å². The number of hydrogen-bond donors (Lipinski definition) is 1. The smallest absolute Gasteiger partial charge is 0.220 e. The molecule has 2 aliphatic rings. The van der Waals surface area contributed by atoms with Crippen LogP contribution in [0.4, 0.5) is 0 Å². The van der Waals surface area contributed by atoms with Gasteiger partial charge in [0.25, 0.3) is 0 Å². The lowest BCUT2D eigenvalue weighted by Crippen LogP contribution is -2.50. The molecule has 1 N–H and O–H groups in total. The highest BCUT2D eigenvalue weighted by Gasteiger charge is 2.43. The Hall–Kier alpha value is -2.40. The second-order valence-corrected chi connectivity index (χ2v) is 9.26. The van der Waals surface area contributed by atoms with E-state index in [9.17, 15) is 4.79 Å². The van der Waals surface area contributed by atoms with Crippen molar-refractivity contribution in [2.45, 2.75) is 57.6 Å². The van der Waals surface area contributed by atoms with Gasteiger partial charge in [-0.1, -0.05) is 32.0 Å². The zero-order valence-corrected chi connectivity index (χ0v) is 18.1. The van der Waals surface area contributed by atoms with Crippen molar-refractivity contribution >= 4 is 5.91 Å². The molecule has 5 nitrogen and oxygen atoms in total. The Labute approximate surface area is 179 Å². The summed E-state index contributed by atoms with van der Waals surface area (Å²) in [5.41, 5.74) is 2.32. The van der Waals surface area contributed by atoms with Gasteiger partial charge in [-0.25, -0.2) is 0 Å². The van der Waals surface area contributed by atoms with Crippen molar-refractivity contribution in [1.82, 2.24) is 15.2 Å². The van der Waals surface area contributed by atoms with Crippen LogP contribution < -0.4 is 10.1 Å². The summed E-state index contributed by atoms with van der Waals surface area (Å²) >= 11 is 0. The van der Waals surface area contributed by atoms with Crippen LogP contribution in [0.15, 0.2) is 48.8 Å². The third-order valence-corrected chi connectivity index (χ3v) is 6.37. The van der Waals surface area contributed by atoms with Crippen LogP contribution in [-0.4, -0.2) is 41.0 Å². The molecule has 2 aliphatic heterocycles. The van der Waals surface area contributed by atoms with E-state index in [1.165, 1.54) is 11.1 Å². The largest absolute Gasteiger partial charge is 0.487 e. The highest BCUT2D eigenvalue weighted by atomic mass is 16.5. The second-order valence-electron chi connectivity index (χ2n) is 9.26. The maximum Gasteiger partial charge on any atom is 0.220 e. The Morgan fingerprint density at radius 2 is 1.93 bits per heavy atom. The summed E-state index contributed by atoms with van der Waals surface area (Å²) in [5.74, 6) is 1.80. The van der Waals surface area contributed by atoms with E-state index < -0.39 is 0 Å². The van der Waals surface area contributed by atoms with Crippen LogP contribution in [0.1, 0.15) is 56.6 Å². The fourth-order valence-corrected chi connectivity index (χ4v) is 4.71. The molecule has 160 valence electrons. The zero-order valence-electron chi connectivity index (χ0n) is 18.1. The molecule has 0 bridgehead atoms. The summed E-state index contributed by atoms with van der Waals surface area (Å²) < 4.78 is 6.60. The first-order valence-corrected chi connectivity index (χ1v) is 11.2. The molecule has 1 aromatic heterocycles. The molecule has 3 heterocycles. The van der Waals surface area contributed by atoms with E-state index in [1.807, 2.05) is 18.5 Å². The number of hydrogen-bond acceptors (Lipinski definition) is 4. The number of piperidine rings is 1. The third kappa shape index (κ3) is 5.01. The number of carbonyl (C=O) groups is 1. The molecule has 30 heavy (non-hydrogen) atoms. The number of pyridine rings is 1. The van der Waals surface area contributed by atoms with Crippen LogP contribution in [0.2, 0.25) is 0 Å². The number of rotatable bonds is 6. The van der Waals surface area contributed by atoms with E-state index in [-0.39, 0.29) is 17.4 Å². The Morgan fingerprint density at radius 1 is 1.20 bits per heavy atom. The lowest BCUT2D eigenvalue weighted by atomic mass is 9.76. The van der Waals surface area contributed by atoms with Gasteiger partial charge >= 0.3 is 0 Å². The monoisotopic (exact) mass is 407 g/mol. The minimum Gasteiger partial charge on any atom is -0.487 e. The minimum absolute atomic E-state index is 0.149. The Kier molecular flexibility index (Phi) is 6.38. The SMILES string of the molecule is CC(C)CNC(=O)C[C@@H]1CC2(CCN(Cc3ccncc3)CC2)Oc2ccccc21. The number of benzene rings is 1. The molecule has 1 fully saturated rings. The van der Waals surface area contributed by atoms with Crippen molar-refractivity contribution < 1.29 is 9.53 Å². The third-order valence-electron chi connectivity index (χ3n) is 6.37. The maximum absolute atomic E-state index is 12.6.